The first kappa shape index (κ1) is 22.3. The van der Waals surface area contributed by atoms with Crippen LogP contribution in [0, 0.1) is 0 Å². The fraction of sp³-hybridized carbons (Fsp3) is 0.409. The topological polar surface area (TPSA) is 79.0 Å². The number of nitrogens with zero attached hydrogens (tertiary/aromatic N) is 2. The second-order valence-electron chi connectivity index (χ2n) is 7.78. The van der Waals surface area contributed by atoms with Gasteiger partial charge in [-0.15, -0.1) is 0 Å². The Morgan fingerprint density at radius 2 is 1.73 bits per heavy atom. The van der Waals surface area contributed by atoms with Gasteiger partial charge >= 0.3 is 0 Å². The van der Waals surface area contributed by atoms with Crippen LogP contribution in [0.1, 0.15) is 29.8 Å². The monoisotopic (exact) mass is 431 g/mol. The van der Waals surface area contributed by atoms with E-state index in [0.717, 1.165) is 11.3 Å². The van der Waals surface area contributed by atoms with Crippen LogP contribution in [0.2, 0.25) is 0 Å². The number of rotatable bonds is 7. The van der Waals surface area contributed by atoms with Crippen molar-refractivity contribution in [1.82, 2.24) is 9.21 Å². The number of carbonyl (C=O) groups excluding carboxylic acids is 1. The number of piperazine rings is 1. The van der Waals surface area contributed by atoms with Gasteiger partial charge in [-0.2, -0.15) is 4.31 Å². The molecule has 7 nitrogen and oxygen atoms in total. The molecule has 0 unspecified atom stereocenters. The lowest BCUT2D eigenvalue weighted by Gasteiger charge is -2.33. The minimum atomic E-state index is -3.13. The Kier molecular flexibility index (Phi) is 7.12. The third-order valence-corrected chi connectivity index (χ3v) is 6.18. The average molecular weight is 432 g/mol. The van der Waals surface area contributed by atoms with Crippen molar-refractivity contribution in [2.24, 2.45) is 0 Å². The van der Waals surface area contributed by atoms with Crippen molar-refractivity contribution in [1.29, 1.82) is 0 Å². The van der Waals surface area contributed by atoms with Gasteiger partial charge in [-0.1, -0.05) is 12.1 Å². The van der Waals surface area contributed by atoms with Gasteiger partial charge in [0.15, 0.2) is 0 Å². The number of carbonyl (C=O) groups is 1. The number of benzene rings is 2. The summed E-state index contributed by atoms with van der Waals surface area (Å²) in [6, 6.07) is 14.8. The Morgan fingerprint density at radius 3 is 2.33 bits per heavy atom. The van der Waals surface area contributed by atoms with Crippen molar-refractivity contribution in [3.8, 4) is 5.75 Å². The lowest BCUT2D eigenvalue weighted by Crippen LogP contribution is -2.47. The molecule has 1 aliphatic rings. The Morgan fingerprint density at radius 1 is 1.07 bits per heavy atom. The summed E-state index contributed by atoms with van der Waals surface area (Å²) in [5, 5.41) is 2.91. The highest BCUT2D eigenvalue weighted by Gasteiger charge is 2.23. The van der Waals surface area contributed by atoms with Crippen LogP contribution in [0.25, 0.3) is 0 Å². The summed E-state index contributed by atoms with van der Waals surface area (Å²) in [6.45, 7) is 6.95. The second kappa shape index (κ2) is 9.59. The first-order chi connectivity index (χ1) is 14.2. The minimum Gasteiger partial charge on any atom is -0.491 e. The van der Waals surface area contributed by atoms with Crippen LogP contribution < -0.4 is 10.1 Å². The summed E-state index contributed by atoms with van der Waals surface area (Å²) < 4.78 is 30.4. The maximum Gasteiger partial charge on any atom is 0.255 e. The van der Waals surface area contributed by atoms with Crippen molar-refractivity contribution in [2.75, 3.05) is 37.8 Å². The van der Waals surface area contributed by atoms with Gasteiger partial charge in [0.2, 0.25) is 10.0 Å². The van der Waals surface area contributed by atoms with Crippen LogP contribution in [-0.4, -0.2) is 62.1 Å². The molecule has 2 aromatic rings. The highest BCUT2D eigenvalue weighted by atomic mass is 32.2. The molecule has 1 aliphatic heterocycles. The lowest BCUT2D eigenvalue weighted by molar-refractivity contribution is 0.102. The molecule has 3 rings (SSSR count). The van der Waals surface area contributed by atoms with Crippen LogP contribution in [0.5, 0.6) is 5.75 Å². The zero-order valence-corrected chi connectivity index (χ0v) is 18.5. The van der Waals surface area contributed by atoms with Crippen molar-refractivity contribution in [3.63, 3.8) is 0 Å². The summed E-state index contributed by atoms with van der Waals surface area (Å²) >= 11 is 0. The number of hydrogen-bond acceptors (Lipinski definition) is 5. The zero-order chi connectivity index (χ0) is 21.7. The van der Waals surface area contributed by atoms with Crippen LogP contribution >= 0.6 is 0 Å². The van der Waals surface area contributed by atoms with E-state index in [9.17, 15) is 13.2 Å². The Balaban J connectivity index is 1.58. The SMILES string of the molecule is CC(C)Oc1ccc(NC(=O)c2cccc(CN3CCN(S(C)(=O)=O)CC3)c2)cc1. The lowest BCUT2D eigenvalue weighted by atomic mass is 10.1. The van der Waals surface area contributed by atoms with Crippen LogP contribution in [0.3, 0.4) is 0 Å². The molecule has 0 spiro atoms. The number of hydrogen-bond donors (Lipinski definition) is 1. The Labute approximate surface area is 178 Å². The molecule has 0 saturated carbocycles. The van der Waals surface area contributed by atoms with Crippen LogP contribution in [-0.2, 0) is 16.6 Å². The van der Waals surface area contributed by atoms with Crippen molar-refractivity contribution < 1.29 is 17.9 Å². The van der Waals surface area contributed by atoms with Crippen molar-refractivity contribution in [2.45, 2.75) is 26.5 Å². The Hall–Kier alpha value is -2.42. The van der Waals surface area contributed by atoms with E-state index in [2.05, 4.69) is 10.2 Å². The third kappa shape index (κ3) is 6.29. The molecule has 162 valence electrons. The molecule has 0 bridgehead atoms. The Bertz CT molecular complexity index is 966. The van der Waals surface area contributed by atoms with E-state index in [1.165, 1.54) is 10.6 Å². The molecular weight excluding hydrogens is 402 g/mol. The van der Waals surface area contributed by atoms with Gasteiger partial charge in [0.25, 0.3) is 5.91 Å². The smallest absolute Gasteiger partial charge is 0.255 e. The zero-order valence-electron chi connectivity index (χ0n) is 17.7. The molecule has 8 heteroatoms. The number of nitrogens with one attached hydrogen (secondary N) is 1. The number of amides is 1. The van der Waals surface area contributed by atoms with Crippen molar-refractivity contribution in [3.05, 3.63) is 59.7 Å². The van der Waals surface area contributed by atoms with Gasteiger partial charge < -0.3 is 10.1 Å². The van der Waals surface area contributed by atoms with Gasteiger partial charge in [-0.25, -0.2) is 8.42 Å². The van der Waals surface area contributed by atoms with Crippen LogP contribution in [0.15, 0.2) is 48.5 Å². The fourth-order valence-corrected chi connectivity index (χ4v) is 4.21. The summed E-state index contributed by atoms with van der Waals surface area (Å²) in [4.78, 5) is 14.8. The standard InChI is InChI=1S/C22H29N3O4S/c1-17(2)29-21-9-7-20(8-10-21)23-22(26)19-6-4-5-18(15-19)16-24-11-13-25(14-12-24)30(3,27)28/h4-10,15,17H,11-14,16H2,1-3H3,(H,23,26). The number of ether oxygens (including phenoxy) is 1. The number of anilines is 1. The molecule has 1 fully saturated rings. The van der Waals surface area contributed by atoms with Gasteiger partial charge in [-0.05, 0) is 55.8 Å². The molecule has 0 aliphatic carbocycles. The van der Waals surface area contributed by atoms with E-state index in [-0.39, 0.29) is 12.0 Å². The molecule has 1 amide bonds. The van der Waals surface area contributed by atoms with Gasteiger partial charge in [0, 0.05) is 44.0 Å². The second-order valence-corrected chi connectivity index (χ2v) is 9.77. The molecular formula is C22H29N3O4S. The molecule has 0 radical (unpaired) electrons. The minimum absolute atomic E-state index is 0.0996. The van der Waals surface area contributed by atoms with Crippen LogP contribution in [0.4, 0.5) is 5.69 Å². The third-order valence-electron chi connectivity index (χ3n) is 4.88. The number of sulfonamides is 1. The maximum absolute atomic E-state index is 12.6. The highest BCUT2D eigenvalue weighted by Crippen LogP contribution is 2.18. The molecule has 1 N–H and O–H groups in total. The molecule has 1 heterocycles. The van der Waals surface area contributed by atoms with E-state index in [1.807, 2.05) is 56.3 Å². The van der Waals surface area contributed by atoms with Gasteiger partial charge in [0.1, 0.15) is 5.75 Å². The van der Waals surface area contributed by atoms with E-state index >= 15 is 0 Å². The summed E-state index contributed by atoms with van der Waals surface area (Å²) in [7, 11) is -3.13. The quantitative estimate of drug-likeness (QED) is 0.729. The molecule has 1 saturated heterocycles. The predicted octanol–water partition coefficient (Wildman–Crippen LogP) is 2.80. The summed E-state index contributed by atoms with van der Waals surface area (Å²) in [6.07, 6.45) is 1.35. The van der Waals surface area contributed by atoms with E-state index < -0.39 is 10.0 Å². The summed E-state index contributed by atoms with van der Waals surface area (Å²) in [5.41, 5.74) is 2.32. The van der Waals surface area contributed by atoms with Gasteiger partial charge in [0.05, 0.1) is 12.4 Å². The highest BCUT2D eigenvalue weighted by molar-refractivity contribution is 7.88. The predicted molar refractivity (Wildman–Crippen MR) is 118 cm³/mol. The first-order valence-corrected chi connectivity index (χ1v) is 11.9. The van der Waals surface area contributed by atoms with Crippen molar-refractivity contribution >= 4 is 21.6 Å². The molecule has 30 heavy (non-hydrogen) atoms. The van der Waals surface area contributed by atoms with Gasteiger partial charge in [-0.3, -0.25) is 9.69 Å². The van der Waals surface area contributed by atoms with E-state index in [1.54, 1.807) is 6.07 Å². The first-order valence-electron chi connectivity index (χ1n) is 10.1. The maximum atomic E-state index is 12.6. The molecule has 0 aromatic heterocycles. The fourth-order valence-electron chi connectivity index (χ4n) is 3.38. The summed E-state index contributed by atoms with van der Waals surface area (Å²) in [5.74, 6) is 0.595. The molecule has 0 atom stereocenters. The average Bonchev–Trinajstić information content (AvgIpc) is 2.69. The largest absolute Gasteiger partial charge is 0.491 e. The normalized spacial score (nSPS) is 15.9. The van der Waals surface area contributed by atoms with E-state index in [0.29, 0.717) is 44.0 Å². The molecule has 2 aromatic carbocycles. The van der Waals surface area contributed by atoms with E-state index in [4.69, 9.17) is 4.74 Å².